The van der Waals surface area contributed by atoms with Gasteiger partial charge in [-0.25, -0.2) is 9.78 Å². The second-order valence-corrected chi connectivity index (χ2v) is 4.35. The molecule has 0 atom stereocenters. The molecule has 0 aliphatic rings. The SMILES string of the molecule is O=C(NCC#Cc1ncccc1[N+](=O)[O-])OCc1ccccc1. The predicted octanol–water partition coefficient (Wildman–Crippen LogP) is 2.27. The van der Waals surface area contributed by atoms with Crippen molar-refractivity contribution in [3.63, 3.8) is 0 Å². The van der Waals surface area contributed by atoms with Crippen LogP contribution >= 0.6 is 0 Å². The molecule has 0 radical (unpaired) electrons. The lowest BCUT2D eigenvalue weighted by Gasteiger charge is -2.04. The summed E-state index contributed by atoms with van der Waals surface area (Å²) in [5, 5.41) is 13.2. The first-order valence-electron chi connectivity index (χ1n) is 6.69. The number of benzene rings is 1. The molecule has 0 saturated heterocycles. The zero-order valence-electron chi connectivity index (χ0n) is 12.1. The molecule has 7 heteroatoms. The molecule has 2 aromatic rings. The first kappa shape index (κ1) is 16.0. The molecule has 0 fully saturated rings. The fraction of sp³-hybridized carbons (Fsp3) is 0.125. The number of aromatic nitrogens is 1. The smallest absolute Gasteiger partial charge is 0.408 e. The summed E-state index contributed by atoms with van der Waals surface area (Å²) >= 11 is 0. The number of hydrogen-bond donors (Lipinski definition) is 1. The highest BCUT2D eigenvalue weighted by Crippen LogP contribution is 2.12. The quantitative estimate of drug-likeness (QED) is 0.531. The summed E-state index contributed by atoms with van der Waals surface area (Å²) in [7, 11) is 0. The second-order valence-electron chi connectivity index (χ2n) is 4.35. The van der Waals surface area contributed by atoms with Crippen LogP contribution in [0.2, 0.25) is 0 Å². The number of nitrogens with zero attached hydrogens (tertiary/aromatic N) is 2. The average molecular weight is 311 g/mol. The molecule has 7 nitrogen and oxygen atoms in total. The maximum atomic E-state index is 11.5. The molecule has 0 bridgehead atoms. The van der Waals surface area contributed by atoms with Crippen LogP contribution in [0.3, 0.4) is 0 Å². The van der Waals surface area contributed by atoms with E-state index in [1.165, 1.54) is 18.3 Å². The van der Waals surface area contributed by atoms with E-state index in [1.807, 2.05) is 30.3 Å². The fourth-order valence-electron chi connectivity index (χ4n) is 1.66. The zero-order chi connectivity index (χ0) is 16.5. The summed E-state index contributed by atoms with van der Waals surface area (Å²) < 4.78 is 5.00. The molecule has 116 valence electrons. The van der Waals surface area contributed by atoms with Gasteiger partial charge in [0.2, 0.25) is 0 Å². The number of alkyl carbamates (subject to hydrolysis) is 1. The van der Waals surface area contributed by atoms with Gasteiger partial charge in [0.05, 0.1) is 11.5 Å². The molecule has 1 aromatic heterocycles. The van der Waals surface area contributed by atoms with Crippen molar-refractivity contribution in [3.8, 4) is 11.8 Å². The van der Waals surface area contributed by atoms with E-state index in [2.05, 4.69) is 22.1 Å². The Morgan fingerprint density at radius 3 is 2.78 bits per heavy atom. The Labute approximate surface area is 132 Å². The number of hydrogen-bond acceptors (Lipinski definition) is 5. The van der Waals surface area contributed by atoms with Crippen LogP contribution in [-0.2, 0) is 11.3 Å². The predicted molar refractivity (Wildman–Crippen MR) is 82.4 cm³/mol. The first-order valence-corrected chi connectivity index (χ1v) is 6.69. The van der Waals surface area contributed by atoms with Crippen LogP contribution in [0.5, 0.6) is 0 Å². The van der Waals surface area contributed by atoms with Gasteiger partial charge in [0.1, 0.15) is 6.61 Å². The van der Waals surface area contributed by atoms with Gasteiger partial charge in [-0.2, -0.15) is 0 Å². The van der Waals surface area contributed by atoms with E-state index in [1.54, 1.807) is 0 Å². The normalized spacial score (nSPS) is 9.39. The van der Waals surface area contributed by atoms with Crippen LogP contribution in [0.15, 0.2) is 48.7 Å². The Hall–Kier alpha value is -3.40. The molecule has 1 N–H and O–H groups in total. The largest absolute Gasteiger partial charge is 0.445 e. The van der Waals surface area contributed by atoms with Crippen LogP contribution in [0, 0.1) is 22.0 Å². The summed E-state index contributed by atoms with van der Waals surface area (Å²) in [5.41, 5.74) is 0.751. The number of carbonyl (C=O) groups excluding carboxylic acids is 1. The fourth-order valence-corrected chi connectivity index (χ4v) is 1.66. The Kier molecular flexibility index (Phi) is 5.66. The number of amides is 1. The monoisotopic (exact) mass is 311 g/mol. The summed E-state index contributed by atoms with van der Waals surface area (Å²) in [5.74, 6) is 5.15. The summed E-state index contributed by atoms with van der Waals surface area (Å²) in [4.78, 5) is 25.5. The summed E-state index contributed by atoms with van der Waals surface area (Å²) in [6.07, 6.45) is 0.803. The molecule has 1 aromatic carbocycles. The van der Waals surface area contributed by atoms with E-state index in [0.717, 1.165) is 5.56 Å². The lowest BCUT2D eigenvalue weighted by molar-refractivity contribution is -0.385. The second kappa shape index (κ2) is 8.14. The number of nitro groups is 1. The molecule has 0 unspecified atom stereocenters. The molecule has 23 heavy (non-hydrogen) atoms. The number of ether oxygens (including phenoxy) is 1. The third-order valence-electron chi connectivity index (χ3n) is 2.72. The van der Waals surface area contributed by atoms with E-state index in [4.69, 9.17) is 4.74 Å². The van der Waals surface area contributed by atoms with Crippen molar-refractivity contribution in [1.82, 2.24) is 10.3 Å². The van der Waals surface area contributed by atoms with Gasteiger partial charge in [0.15, 0.2) is 5.69 Å². The molecule has 1 heterocycles. The Balaban J connectivity index is 1.81. The Morgan fingerprint density at radius 1 is 1.26 bits per heavy atom. The maximum absolute atomic E-state index is 11.5. The highest BCUT2D eigenvalue weighted by atomic mass is 16.6. The lowest BCUT2D eigenvalue weighted by Crippen LogP contribution is -2.24. The van der Waals surface area contributed by atoms with Crippen molar-refractivity contribution in [2.24, 2.45) is 0 Å². The van der Waals surface area contributed by atoms with Crippen LogP contribution in [0.4, 0.5) is 10.5 Å². The van der Waals surface area contributed by atoms with Gasteiger partial charge in [-0.15, -0.1) is 0 Å². The van der Waals surface area contributed by atoms with Gasteiger partial charge in [0.25, 0.3) is 0 Å². The number of nitrogens with one attached hydrogen (secondary N) is 1. The third-order valence-corrected chi connectivity index (χ3v) is 2.72. The van der Waals surface area contributed by atoms with Crippen LogP contribution in [-0.4, -0.2) is 22.5 Å². The van der Waals surface area contributed by atoms with Gasteiger partial charge in [-0.05, 0) is 17.6 Å². The molecule has 2 rings (SSSR count). The van der Waals surface area contributed by atoms with Crippen molar-refractivity contribution in [2.75, 3.05) is 6.54 Å². The van der Waals surface area contributed by atoms with Crippen molar-refractivity contribution in [3.05, 3.63) is 70.0 Å². The highest BCUT2D eigenvalue weighted by Gasteiger charge is 2.11. The highest BCUT2D eigenvalue weighted by molar-refractivity contribution is 5.67. The van der Waals surface area contributed by atoms with Gasteiger partial charge < -0.3 is 10.1 Å². The summed E-state index contributed by atoms with van der Waals surface area (Å²) in [6, 6.07) is 12.0. The van der Waals surface area contributed by atoms with E-state index >= 15 is 0 Å². The van der Waals surface area contributed by atoms with Crippen molar-refractivity contribution < 1.29 is 14.5 Å². The maximum Gasteiger partial charge on any atom is 0.408 e. The summed E-state index contributed by atoms with van der Waals surface area (Å²) in [6.45, 7) is 0.160. The molecule has 0 aliphatic heterocycles. The molecule has 0 spiro atoms. The van der Waals surface area contributed by atoms with Crippen LogP contribution in [0.25, 0.3) is 0 Å². The van der Waals surface area contributed by atoms with Crippen molar-refractivity contribution in [1.29, 1.82) is 0 Å². The molecular weight excluding hydrogens is 298 g/mol. The van der Waals surface area contributed by atoms with E-state index < -0.39 is 11.0 Å². The Morgan fingerprint density at radius 2 is 2.04 bits per heavy atom. The first-order chi connectivity index (χ1) is 11.2. The topological polar surface area (TPSA) is 94.4 Å². The van der Waals surface area contributed by atoms with Crippen molar-refractivity contribution >= 4 is 11.8 Å². The van der Waals surface area contributed by atoms with Gasteiger partial charge >= 0.3 is 11.8 Å². The number of rotatable bonds is 4. The molecule has 0 saturated carbocycles. The average Bonchev–Trinajstić information content (AvgIpc) is 2.58. The van der Waals surface area contributed by atoms with E-state index in [0.29, 0.717) is 0 Å². The van der Waals surface area contributed by atoms with Crippen molar-refractivity contribution in [2.45, 2.75) is 6.61 Å². The van der Waals surface area contributed by atoms with Gasteiger partial charge in [-0.3, -0.25) is 10.1 Å². The van der Waals surface area contributed by atoms with Gasteiger partial charge in [-0.1, -0.05) is 36.3 Å². The van der Waals surface area contributed by atoms with E-state index in [-0.39, 0.29) is 24.5 Å². The minimum Gasteiger partial charge on any atom is -0.445 e. The minimum absolute atomic E-state index is 0.00134. The lowest BCUT2D eigenvalue weighted by atomic mass is 10.2. The van der Waals surface area contributed by atoms with Crippen LogP contribution < -0.4 is 5.32 Å². The van der Waals surface area contributed by atoms with Crippen LogP contribution in [0.1, 0.15) is 11.3 Å². The zero-order valence-corrected chi connectivity index (χ0v) is 12.1. The third kappa shape index (κ3) is 5.13. The number of carbonyl (C=O) groups is 1. The molecular formula is C16H13N3O4. The molecule has 0 aliphatic carbocycles. The molecule has 1 amide bonds. The standard InChI is InChI=1S/C16H13N3O4/c20-16(23-12-13-6-2-1-3-7-13)18-11-4-8-14-15(19(21)22)9-5-10-17-14/h1-3,5-7,9-10H,11-12H2,(H,18,20). The Bertz CT molecular complexity index is 751. The number of pyridine rings is 1. The minimum atomic E-state index is -0.612. The van der Waals surface area contributed by atoms with E-state index in [9.17, 15) is 14.9 Å². The van der Waals surface area contributed by atoms with Gasteiger partial charge in [0, 0.05) is 12.3 Å².